The van der Waals surface area contributed by atoms with Crippen LogP contribution in [0.15, 0.2) is 23.2 Å². The number of aromatic nitrogens is 1. The molecule has 1 rings (SSSR count). The third-order valence-corrected chi connectivity index (χ3v) is 3.55. The van der Waals surface area contributed by atoms with E-state index in [1.165, 1.54) is 24.0 Å². The highest BCUT2D eigenvalue weighted by molar-refractivity contribution is 8.00. The van der Waals surface area contributed by atoms with Crippen LogP contribution in [0.1, 0.15) is 23.8 Å². The van der Waals surface area contributed by atoms with Crippen LogP contribution in [0.2, 0.25) is 0 Å². The second kappa shape index (κ2) is 8.55. The summed E-state index contributed by atoms with van der Waals surface area (Å²) >= 11 is 1.30. The first-order chi connectivity index (χ1) is 9.54. The van der Waals surface area contributed by atoms with Crippen molar-refractivity contribution >= 4 is 23.6 Å². The molecule has 0 aliphatic rings. The molecule has 0 saturated heterocycles. The van der Waals surface area contributed by atoms with Crippen molar-refractivity contribution < 1.29 is 19.4 Å². The maximum absolute atomic E-state index is 11.8. The van der Waals surface area contributed by atoms with E-state index < -0.39 is 5.97 Å². The van der Waals surface area contributed by atoms with Gasteiger partial charge >= 0.3 is 5.97 Å². The third-order valence-electron chi connectivity index (χ3n) is 2.46. The lowest BCUT2D eigenvalue weighted by molar-refractivity contribution is -0.120. The molecule has 0 saturated carbocycles. The standard InChI is InChI=1S/C13H18N2O4S/c1-9(12(16)15-5-3-7-19-2)20-10-4-6-14-11(8-10)13(17)18/h4,6,8-9H,3,5,7H2,1-2H3,(H,15,16)(H,17,18). The van der Waals surface area contributed by atoms with E-state index in [-0.39, 0.29) is 16.9 Å². The van der Waals surface area contributed by atoms with Crippen LogP contribution >= 0.6 is 11.8 Å². The van der Waals surface area contributed by atoms with Gasteiger partial charge in [-0.2, -0.15) is 0 Å². The Balaban J connectivity index is 2.48. The second-order valence-corrected chi connectivity index (χ2v) is 5.49. The second-order valence-electron chi connectivity index (χ2n) is 4.08. The lowest BCUT2D eigenvalue weighted by Crippen LogP contribution is -2.32. The summed E-state index contributed by atoms with van der Waals surface area (Å²) < 4.78 is 4.90. The molecule has 0 bridgehead atoms. The van der Waals surface area contributed by atoms with Crippen LogP contribution in [-0.2, 0) is 9.53 Å². The summed E-state index contributed by atoms with van der Waals surface area (Å²) in [5.41, 5.74) is -0.0253. The van der Waals surface area contributed by atoms with Gasteiger partial charge < -0.3 is 15.2 Å². The predicted molar refractivity (Wildman–Crippen MR) is 76.0 cm³/mol. The summed E-state index contributed by atoms with van der Waals surface area (Å²) in [6, 6.07) is 3.15. The number of pyridine rings is 1. The zero-order chi connectivity index (χ0) is 15.0. The number of carboxylic acid groups (broad SMARTS) is 1. The summed E-state index contributed by atoms with van der Waals surface area (Å²) in [5.74, 6) is -1.16. The highest BCUT2D eigenvalue weighted by atomic mass is 32.2. The Morgan fingerprint density at radius 3 is 2.95 bits per heavy atom. The van der Waals surface area contributed by atoms with Gasteiger partial charge in [0.15, 0.2) is 0 Å². The number of hydrogen-bond acceptors (Lipinski definition) is 5. The highest BCUT2D eigenvalue weighted by Crippen LogP contribution is 2.23. The van der Waals surface area contributed by atoms with Crippen molar-refractivity contribution in [1.82, 2.24) is 10.3 Å². The molecule has 110 valence electrons. The van der Waals surface area contributed by atoms with Crippen molar-refractivity contribution in [2.24, 2.45) is 0 Å². The van der Waals surface area contributed by atoms with Gasteiger partial charge in [-0.3, -0.25) is 4.79 Å². The number of hydrogen-bond donors (Lipinski definition) is 2. The zero-order valence-corrected chi connectivity index (χ0v) is 12.3. The molecule has 1 heterocycles. The SMILES string of the molecule is COCCCNC(=O)C(C)Sc1ccnc(C(=O)O)c1. The first kappa shape index (κ1) is 16.5. The maximum Gasteiger partial charge on any atom is 0.354 e. The molecule has 2 N–H and O–H groups in total. The number of methoxy groups -OCH3 is 1. The molecule has 1 aromatic rings. The molecular weight excluding hydrogens is 280 g/mol. The van der Waals surface area contributed by atoms with Crippen LogP contribution in [0.3, 0.4) is 0 Å². The van der Waals surface area contributed by atoms with Crippen LogP contribution in [0.5, 0.6) is 0 Å². The van der Waals surface area contributed by atoms with Gasteiger partial charge in [-0.15, -0.1) is 11.8 Å². The fraction of sp³-hybridized carbons (Fsp3) is 0.462. The average Bonchev–Trinajstić information content (AvgIpc) is 2.43. The van der Waals surface area contributed by atoms with Crippen LogP contribution in [0.4, 0.5) is 0 Å². The molecule has 1 unspecified atom stereocenters. The summed E-state index contributed by atoms with van der Waals surface area (Å²) in [4.78, 5) is 27.1. The molecule has 0 aliphatic heterocycles. The molecule has 0 spiro atoms. The van der Waals surface area contributed by atoms with E-state index in [4.69, 9.17) is 9.84 Å². The minimum Gasteiger partial charge on any atom is -0.477 e. The summed E-state index contributed by atoms with van der Waals surface area (Å²) in [6.45, 7) is 2.94. The monoisotopic (exact) mass is 298 g/mol. The molecule has 1 atom stereocenters. The Morgan fingerprint density at radius 2 is 2.30 bits per heavy atom. The van der Waals surface area contributed by atoms with Gasteiger partial charge in [-0.25, -0.2) is 9.78 Å². The number of rotatable bonds is 8. The molecule has 0 aliphatic carbocycles. The molecule has 1 amide bonds. The van der Waals surface area contributed by atoms with E-state index in [0.29, 0.717) is 18.0 Å². The van der Waals surface area contributed by atoms with E-state index in [1.54, 1.807) is 20.1 Å². The first-order valence-electron chi connectivity index (χ1n) is 6.17. The third kappa shape index (κ3) is 5.58. The van der Waals surface area contributed by atoms with Gasteiger partial charge in [-0.1, -0.05) is 0 Å². The van der Waals surface area contributed by atoms with Crippen molar-refractivity contribution in [1.29, 1.82) is 0 Å². The van der Waals surface area contributed by atoms with Crippen LogP contribution in [-0.4, -0.2) is 47.5 Å². The Labute approximate surface area is 121 Å². The molecular formula is C13H18N2O4S. The maximum atomic E-state index is 11.8. The number of carbonyl (C=O) groups excluding carboxylic acids is 1. The minimum atomic E-state index is -1.08. The number of ether oxygens (including phenoxy) is 1. The number of thioether (sulfide) groups is 1. The summed E-state index contributed by atoms with van der Waals surface area (Å²) in [7, 11) is 1.61. The Hall–Kier alpha value is -1.60. The zero-order valence-electron chi connectivity index (χ0n) is 11.5. The average molecular weight is 298 g/mol. The largest absolute Gasteiger partial charge is 0.477 e. The Kier molecular flexibility index (Phi) is 7.03. The number of carboxylic acids is 1. The molecule has 0 radical (unpaired) electrons. The minimum absolute atomic E-state index is 0.0253. The van der Waals surface area contributed by atoms with Crippen molar-refractivity contribution in [2.75, 3.05) is 20.3 Å². The number of nitrogens with one attached hydrogen (secondary N) is 1. The quantitative estimate of drug-likeness (QED) is 0.557. The first-order valence-corrected chi connectivity index (χ1v) is 7.05. The van der Waals surface area contributed by atoms with Gasteiger partial charge in [0.25, 0.3) is 0 Å². The van der Waals surface area contributed by atoms with Crippen LogP contribution in [0.25, 0.3) is 0 Å². The van der Waals surface area contributed by atoms with E-state index in [9.17, 15) is 9.59 Å². The lowest BCUT2D eigenvalue weighted by Gasteiger charge is -2.12. The van der Waals surface area contributed by atoms with Gasteiger partial charge in [0.1, 0.15) is 5.69 Å². The van der Waals surface area contributed by atoms with Gasteiger partial charge in [0.2, 0.25) is 5.91 Å². The van der Waals surface area contributed by atoms with E-state index in [0.717, 1.165) is 6.42 Å². The molecule has 6 nitrogen and oxygen atoms in total. The van der Waals surface area contributed by atoms with Gasteiger partial charge in [0, 0.05) is 31.4 Å². The van der Waals surface area contributed by atoms with Crippen LogP contribution < -0.4 is 5.32 Å². The van der Waals surface area contributed by atoms with Crippen molar-refractivity contribution in [3.05, 3.63) is 24.0 Å². The smallest absolute Gasteiger partial charge is 0.354 e. The summed E-state index contributed by atoms with van der Waals surface area (Å²) in [6.07, 6.45) is 2.19. The topological polar surface area (TPSA) is 88.5 Å². The van der Waals surface area contributed by atoms with Crippen molar-refractivity contribution in [3.8, 4) is 0 Å². The van der Waals surface area contributed by atoms with Crippen molar-refractivity contribution in [3.63, 3.8) is 0 Å². The van der Waals surface area contributed by atoms with E-state index in [2.05, 4.69) is 10.3 Å². The van der Waals surface area contributed by atoms with Crippen LogP contribution in [0, 0.1) is 0 Å². The predicted octanol–water partition coefficient (Wildman–Crippen LogP) is 1.41. The highest BCUT2D eigenvalue weighted by Gasteiger charge is 2.15. The Morgan fingerprint density at radius 1 is 1.55 bits per heavy atom. The molecule has 7 heteroatoms. The van der Waals surface area contributed by atoms with E-state index in [1.807, 2.05) is 0 Å². The fourth-order valence-corrected chi connectivity index (χ4v) is 2.35. The molecule has 20 heavy (non-hydrogen) atoms. The number of nitrogens with zero attached hydrogens (tertiary/aromatic N) is 1. The number of amides is 1. The summed E-state index contributed by atoms with van der Waals surface area (Å²) in [5, 5.41) is 11.4. The molecule has 1 aromatic heterocycles. The Bertz CT molecular complexity index is 467. The normalized spacial score (nSPS) is 11.9. The number of carbonyl (C=O) groups is 2. The molecule has 0 fully saturated rings. The van der Waals surface area contributed by atoms with Crippen molar-refractivity contribution in [2.45, 2.75) is 23.5 Å². The van der Waals surface area contributed by atoms with Gasteiger partial charge in [-0.05, 0) is 25.5 Å². The lowest BCUT2D eigenvalue weighted by atomic mass is 10.3. The fourth-order valence-electron chi connectivity index (χ4n) is 1.43. The molecule has 0 aromatic carbocycles. The number of aromatic carboxylic acids is 1. The van der Waals surface area contributed by atoms with E-state index >= 15 is 0 Å². The van der Waals surface area contributed by atoms with Gasteiger partial charge in [0.05, 0.1) is 5.25 Å².